The fourth-order valence-corrected chi connectivity index (χ4v) is 3.91. The summed E-state index contributed by atoms with van der Waals surface area (Å²) < 4.78 is 12.9. The first-order valence-electron chi connectivity index (χ1n) is 9.77. The van der Waals surface area contributed by atoms with Crippen LogP contribution in [-0.2, 0) is 6.54 Å². The van der Waals surface area contributed by atoms with Gasteiger partial charge in [0.2, 0.25) is 0 Å². The van der Waals surface area contributed by atoms with Crippen molar-refractivity contribution >= 4 is 47.5 Å². The number of hydrogen-bond acceptors (Lipinski definition) is 4. The number of aromatic nitrogens is 1. The summed E-state index contributed by atoms with van der Waals surface area (Å²) in [5.74, 6) is 2.64. The van der Waals surface area contributed by atoms with Crippen LogP contribution in [0.5, 0.6) is 0 Å². The number of thioether (sulfide) groups is 1. The summed E-state index contributed by atoms with van der Waals surface area (Å²) >= 11 is 1.73. The lowest BCUT2D eigenvalue weighted by molar-refractivity contribution is 0.626. The molecule has 1 aliphatic heterocycles. The third-order valence-electron chi connectivity index (χ3n) is 4.62. The second-order valence-corrected chi connectivity index (χ2v) is 7.90. The predicted octanol–water partition coefficient (Wildman–Crippen LogP) is 4.29. The minimum atomic E-state index is -0.193. The van der Waals surface area contributed by atoms with Crippen molar-refractivity contribution in [2.75, 3.05) is 37.3 Å². The molecule has 1 saturated heterocycles. The van der Waals surface area contributed by atoms with E-state index in [0.717, 1.165) is 54.0 Å². The zero-order valence-electron chi connectivity index (χ0n) is 16.7. The van der Waals surface area contributed by atoms with Crippen molar-refractivity contribution in [3.63, 3.8) is 0 Å². The summed E-state index contributed by atoms with van der Waals surface area (Å²) in [5.41, 5.74) is 1.14. The van der Waals surface area contributed by atoms with Gasteiger partial charge in [0.1, 0.15) is 11.6 Å². The molecule has 0 atom stereocenters. The van der Waals surface area contributed by atoms with Gasteiger partial charge < -0.3 is 15.5 Å². The zero-order chi connectivity index (χ0) is 19.6. The number of nitrogens with zero attached hydrogens (tertiary/aromatic N) is 3. The van der Waals surface area contributed by atoms with Gasteiger partial charge in [0.25, 0.3) is 0 Å². The quantitative estimate of drug-likeness (QED) is 0.176. The van der Waals surface area contributed by atoms with E-state index < -0.39 is 0 Å². The molecule has 0 bridgehead atoms. The summed E-state index contributed by atoms with van der Waals surface area (Å²) in [4.78, 5) is 12.3. The van der Waals surface area contributed by atoms with Gasteiger partial charge in [-0.2, -0.15) is 0 Å². The first-order valence-corrected chi connectivity index (χ1v) is 10.8. The molecule has 1 aliphatic rings. The Morgan fingerprint density at radius 1 is 1.14 bits per heavy atom. The summed E-state index contributed by atoms with van der Waals surface area (Å²) in [6, 6.07) is 10.9. The lowest BCUT2D eigenvalue weighted by atomic mass is 10.3. The van der Waals surface area contributed by atoms with Crippen molar-refractivity contribution in [2.45, 2.75) is 30.7 Å². The first kappa shape index (κ1) is 23.7. The molecule has 0 aliphatic carbocycles. The highest BCUT2D eigenvalue weighted by Gasteiger charge is 2.12. The minimum absolute atomic E-state index is 0. The van der Waals surface area contributed by atoms with Crippen LogP contribution in [0.15, 0.2) is 52.5 Å². The van der Waals surface area contributed by atoms with E-state index in [-0.39, 0.29) is 29.8 Å². The van der Waals surface area contributed by atoms with Crippen molar-refractivity contribution < 1.29 is 4.39 Å². The van der Waals surface area contributed by atoms with Crippen LogP contribution >= 0.6 is 35.7 Å². The van der Waals surface area contributed by atoms with Crippen LogP contribution in [0.25, 0.3) is 0 Å². The molecule has 0 spiro atoms. The van der Waals surface area contributed by atoms with Gasteiger partial charge in [0, 0.05) is 44.3 Å². The average molecular weight is 529 g/mol. The van der Waals surface area contributed by atoms with E-state index in [2.05, 4.69) is 37.6 Å². The molecule has 0 saturated carbocycles. The SMILES string of the molecule is CN=C(NCCCSc1ccc(F)cc1)NCc1ccc(N2CCCC2)nc1.I. The van der Waals surface area contributed by atoms with Crippen molar-refractivity contribution in [2.24, 2.45) is 4.99 Å². The highest BCUT2D eigenvalue weighted by molar-refractivity contribution is 14.0. The molecule has 29 heavy (non-hydrogen) atoms. The third kappa shape index (κ3) is 8.00. The van der Waals surface area contributed by atoms with Crippen LogP contribution in [-0.4, -0.2) is 43.4 Å². The number of benzene rings is 1. The van der Waals surface area contributed by atoms with Crippen molar-refractivity contribution in [3.8, 4) is 0 Å². The molecule has 0 unspecified atom stereocenters. The van der Waals surface area contributed by atoms with E-state index >= 15 is 0 Å². The highest BCUT2D eigenvalue weighted by atomic mass is 127. The Hall–Kier alpha value is -1.55. The van der Waals surface area contributed by atoms with Crippen LogP contribution < -0.4 is 15.5 Å². The Balaban J connectivity index is 0.00000300. The van der Waals surface area contributed by atoms with Crippen LogP contribution in [0.4, 0.5) is 10.2 Å². The molecule has 1 aromatic carbocycles. The topological polar surface area (TPSA) is 52.6 Å². The molecule has 1 aromatic heterocycles. The maximum atomic E-state index is 12.9. The summed E-state index contributed by atoms with van der Waals surface area (Å²) in [6.45, 7) is 3.75. The summed E-state index contributed by atoms with van der Waals surface area (Å²) in [7, 11) is 1.78. The van der Waals surface area contributed by atoms with Gasteiger partial charge in [-0.1, -0.05) is 6.07 Å². The van der Waals surface area contributed by atoms with Crippen LogP contribution in [0.2, 0.25) is 0 Å². The number of rotatable bonds is 8. The van der Waals surface area contributed by atoms with Gasteiger partial charge in [-0.15, -0.1) is 35.7 Å². The van der Waals surface area contributed by atoms with Gasteiger partial charge in [-0.05, 0) is 60.9 Å². The second-order valence-electron chi connectivity index (χ2n) is 6.73. The number of pyridine rings is 1. The molecule has 158 valence electrons. The maximum absolute atomic E-state index is 12.9. The number of aliphatic imine (C=N–C) groups is 1. The maximum Gasteiger partial charge on any atom is 0.191 e. The number of nitrogens with one attached hydrogen (secondary N) is 2. The monoisotopic (exact) mass is 529 g/mol. The molecule has 2 N–H and O–H groups in total. The van der Waals surface area contributed by atoms with E-state index in [1.807, 2.05) is 18.3 Å². The summed E-state index contributed by atoms with van der Waals surface area (Å²) in [6.07, 6.45) is 5.45. The number of anilines is 1. The average Bonchev–Trinajstić information content (AvgIpc) is 3.27. The molecule has 0 radical (unpaired) electrons. The Morgan fingerprint density at radius 3 is 2.55 bits per heavy atom. The predicted molar refractivity (Wildman–Crippen MR) is 131 cm³/mol. The lowest BCUT2D eigenvalue weighted by Crippen LogP contribution is -2.37. The Labute approximate surface area is 194 Å². The van der Waals surface area contributed by atoms with E-state index in [1.54, 1.807) is 18.8 Å². The second kappa shape index (κ2) is 12.9. The molecule has 1 fully saturated rings. The van der Waals surface area contributed by atoms with Crippen LogP contribution in [0.1, 0.15) is 24.8 Å². The number of halogens is 2. The molecule has 2 heterocycles. The van der Waals surface area contributed by atoms with Gasteiger partial charge in [0.15, 0.2) is 5.96 Å². The van der Waals surface area contributed by atoms with E-state index in [9.17, 15) is 4.39 Å². The van der Waals surface area contributed by atoms with Gasteiger partial charge in [-0.25, -0.2) is 9.37 Å². The minimum Gasteiger partial charge on any atom is -0.357 e. The Morgan fingerprint density at radius 2 is 1.90 bits per heavy atom. The molecule has 3 rings (SSSR count). The first-order chi connectivity index (χ1) is 13.7. The largest absolute Gasteiger partial charge is 0.357 e. The smallest absolute Gasteiger partial charge is 0.191 e. The van der Waals surface area contributed by atoms with E-state index in [0.29, 0.717) is 6.54 Å². The normalized spacial score (nSPS) is 13.9. The molecular weight excluding hydrogens is 500 g/mol. The third-order valence-corrected chi connectivity index (χ3v) is 5.72. The molecule has 8 heteroatoms. The lowest BCUT2D eigenvalue weighted by Gasteiger charge is -2.16. The van der Waals surface area contributed by atoms with Crippen molar-refractivity contribution in [3.05, 3.63) is 54.0 Å². The molecule has 0 amide bonds. The van der Waals surface area contributed by atoms with Crippen molar-refractivity contribution in [1.82, 2.24) is 15.6 Å². The molecule has 2 aromatic rings. The van der Waals surface area contributed by atoms with E-state index in [4.69, 9.17) is 0 Å². The van der Waals surface area contributed by atoms with Gasteiger partial charge in [-0.3, -0.25) is 4.99 Å². The van der Waals surface area contributed by atoms with Crippen LogP contribution in [0, 0.1) is 5.82 Å². The van der Waals surface area contributed by atoms with E-state index in [1.165, 1.54) is 25.0 Å². The standard InChI is InChI=1S/C21H28FN5S.HI/c1-23-21(24-11-4-14-28-19-8-6-18(22)7-9-19)26-16-17-5-10-20(25-15-17)27-12-2-3-13-27;/h5-10,15H,2-4,11-14,16H2,1H3,(H2,23,24,26);1H. The van der Waals surface area contributed by atoms with Gasteiger partial charge >= 0.3 is 0 Å². The van der Waals surface area contributed by atoms with Crippen LogP contribution in [0.3, 0.4) is 0 Å². The van der Waals surface area contributed by atoms with Gasteiger partial charge in [0.05, 0.1) is 0 Å². The summed E-state index contributed by atoms with van der Waals surface area (Å²) in [5, 5.41) is 6.65. The number of hydrogen-bond donors (Lipinski definition) is 2. The number of guanidine groups is 1. The Kier molecular flexibility index (Phi) is 10.5. The zero-order valence-corrected chi connectivity index (χ0v) is 19.9. The molecule has 5 nitrogen and oxygen atoms in total. The fraction of sp³-hybridized carbons (Fsp3) is 0.429. The van der Waals surface area contributed by atoms with Crippen molar-refractivity contribution in [1.29, 1.82) is 0 Å². The molecular formula is C21H29FIN5S. The highest BCUT2D eigenvalue weighted by Crippen LogP contribution is 2.19. The fourth-order valence-electron chi connectivity index (χ4n) is 3.06. The Bertz CT molecular complexity index is 749.